The van der Waals surface area contributed by atoms with E-state index in [2.05, 4.69) is 13.0 Å². The van der Waals surface area contributed by atoms with Gasteiger partial charge >= 0.3 is 0 Å². The van der Waals surface area contributed by atoms with Crippen molar-refractivity contribution in [3.8, 4) is 0 Å². The van der Waals surface area contributed by atoms with Crippen molar-refractivity contribution in [1.29, 1.82) is 0 Å². The Hall–Kier alpha value is -0.0900. The second-order valence-electron chi connectivity index (χ2n) is 2.29. The van der Waals surface area contributed by atoms with Crippen LogP contribution in [-0.4, -0.2) is 6.54 Å². The number of halogens is 1. The van der Waals surface area contributed by atoms with Gasteiger partial charge in [-0.05, 0) is 19.1 Å². The average molecular weight is 193 g/mol. The van der Waals surface area contributed by atoms with E-state index < -0.39 is 0 Å². The second kappa shape index (κ2) is 4.72. The molecule has 0 aliphatic rings. The van der Waals surface area contributed by atoms with Gasteiger partial charge in [-0.1, -0.05) is 0 Å². The number of thiophene rings is 1. The first-order chi connectivity index (χ1) is 4.74. The van der Waals surface area contributed by atoms with Gasteiger partial charge in [0.25, 0.3) is 0 Å². The minimum atomic E-state index is 0. The van der Waals surface area contributed by atoms with Gasteiger partial charge < -0.3 is 11.5 Å². The predicted octanol–water partition coefficient (Wildman–Crippen LogP) is 1.44. The SMILES string of the molecule is Cc1ccc([C@H](N)CN)s1.Cl. The molecule has 0 unspecified atom stereocenters. The fourth-order valence-electron chi connectivity index (χ4n) is 0.769. The van der Waals surface area contributed by atoms with Crippen LogP contribution in [0.3, 0.4) is 0 Å². The molecular weight excluding hydrogens is 180 g/mol. The molecule has 0 bridgehead atoms. The zero-order chi connectivity index (χ0) is 7.56. The molecular formula is C7H13ClN2S. The molecule has 4 N–H and O–H groups in total. The third-order valence-electron chi connectivity index (χ3n) is 1.38. The zero-order valence-corrected chi connectivity index (χ0v) is 8.04. The van der Waals surface area contributed by atoms with Gasteiger partial charge in [-0.25, -0.2) is 0 Å². The Morgan fingerprint density at radius 1 is 1.55 bits per heavy atom. The molecule has 0 amide bonds. The van der Waals surface area contributed by atoms with Crippen molar-refractivity contribution < 1.29 is 0 Å². The molecule has 4 heteroatoms. The smallest absolute Gasteiger partial charge is 0.0514 e. The highest BCUT2D eigenvalue weighted by molar-refractivity contribution is 7.12. The molecule has 2 nitrogen and oxygen atoms in total. The number of aryl methyl sites for hydroxylation is 1. The molecule has 0 aromatic carbocycles. The molecule has 1 heterocycles. The first-order valence-electron chi connectivity index (χ1n) is 3.26. The summed E-state index contributed by atoms with van der Waals surface area (Å²) in [4.78, 5) is 2.47. The van der Waals surface area contributed by atoms with Gasteiger partial charge in [0.1, 0.15) is 0 Å². The average Bonchev–Trinajstić information content (AvgIpc) is 2.34. The van der Waals surface area contributed by atoms with Gasteiger partial charge in [0, 0.05) is 16.3 Å². The second-order valence-corrected chi connectivity index (χ2v) is 3.61. The van der Waals surface area contributed by atoms with Crippen molar-refractivity contribution in [3.63, 3.8) is 0 Å². The van der Waals surface area contributed by atoms with Crippen LogP contribution in [0.15, 0.2) is 12.1 Å². The third kappa shape index (κ3) is 2.79. The first kappa shape index (κ1) is 10.9. The lowest BCUT2D eigenvalue weighted by Crippen LogP contribution is -2.19. The van der Waals surface area contributed by atoms with E-state index in [1.165, 1.54) is 9.75 Å². The van der Waals surface area contributed by atoms with Gasteiger partial charge in [-0.2, -0.15) is 0 Å². The molecule has 0 spiro atoms. The van der Waals surface area contributed by atoms with Crippen molar-refractivity contribution in [2.24, 2.45) is 11.5 Å². The van der Waals surface area contributed by atoms with Crippen molar-refractivity contribution >= 4 is 23.7 Å². The maximum absolute atomic E-state index is 5.69. The number of hydrogen-bond donors (Lipinski definition) is 2. The molecule has 1 atom stereocenters. The van der Waals surface area contributed by atoms with Gasteiger partial charge in [0.05, 0.1) is 6.04 Å². The largest absolute Gasteiger partial charge is 0.329 e. The third-order valence-corrected chi connectivity index (χ3v) is 2.51. The van der Waals surface area contributed by atoms with Crippen molar-refractivity contribution in [2.75, 3.05) is 6.54 Å². The van der Waals surface area contributed by atoms with Crippen LogP contribution < -0.4 is 11.5 Å². The Morgan fingerprint density at radius 2 is 2.18 bits per heavy atom. The monoisotopic (exact) mass is 192 g/mol. The summed E-state index contributed by atoms with van der Waals surface area (Å²) in [6, 6.07) is 4.13. The Bertz CT molecular complexity index is 212. The minimum Gasteiger partial charge on any atom is -0.329 e. The molecule has 11 heavy (non-hydrogen) atoms. The standard InChI is InChI=1S/C7H12N2S.ClH/c1-5-2-3-7(10-5)6(9)4-8;/h2-3,6H,4,8-9H2,1H3;1H/t6-;/m1./s1. The number of hydrogen-bond acceptors (Lipinski definition) is 3. The van der Waals surface area contributed by atoms with E-state index in [0.29, 0.717) is 6.54 Å². The predicted molar refractivity (Wildman–Crippen MR) is 52.3 cm³/mol. The molecule has 0 saturated heterocycles. The Morgan fingerprint density at radius 3 is 2.55 bits per heavy atom. The van der Waals surface area contributed by atoms with Crippen molar-refractivity contribution in [1.82, 2.24) is 0 Å². The number of rotatable bonds is 2. The summed E-state index contributed by atoms with van der Waals surface area (Å²) in [7, 11) is 0. The van der Waals surface area contributed by atoms with Crippen LogP contribution in [0.5, 0.6) is 0 Å². The molecule has 0 aliphatic carbocycles. The van der Waals surface area contributed by atoms with Crippen LogP contribution in [0, 0.1) is 6.92 Å². The van der Waals surface area contributed by atoms with Gasteiger partial charge in [0.2, 0.25) is 0 Å². The Labute approximate surface area is 77.0 Å². The Balaban J connectivity index is 0.000001000. The summed E-state index contributed by atoms with van der Waals surface area (Å²) < 4.78 is 0. The lowest BCUT2D eigenvalue weighted by Gasteiger charge is -2.03. The minimum absolute atomic E-state index is 0. The molecule has 1 rings (SSSR count). The van der Waals surface area contributed by atoms with E-state index in [-0.39, 0.29) is 18.4 Å². The number of nitrogens with two attached hydrogens (primary N) is 2. The van der Waals surface area contributed by atoms with Crippen LogP contribution in [-0.2, 0) is 0 Å². The summed E-state index contributed by atoms with van der Waals surface area (Å²) in [5.74, 6) is 0. The molecule has 64 valence electrons. The van der Waals surface area contributed by atoms with Crippen molar-refractivity contribution in [3.05, 3.63) is 21.9 Å². The molecule has 0 aliphatic heterocycles. The lowest BCUT2D eigenvalue weighted by atomic mass is 10.2. The van der Waals surface area contributed by atoms with E-state index in [4.69, 9.17) is 11.5 Å². The van der Waals surface area contributed by atoms with Crippen LogP contribution in [0.2, 0.25) is 0 Å². The maximum atomic E-state index is 5.69. The van der Waals surface area contributed by atoms with E-state index >= 15 is 0 Å². The first-order valence-corrected chi connectivity index (χ1v) is 4.07. The zero-order valence-electron chi connectivity index (χ0n) is 6.41. The summed E-state index contributed by atoms with van der Waals surface area (Å²) in [5, 5.41) is 0. The van der Waals surface area contributed by atoms with E-state index in [1.54, 1.807) is 11.3 Å². The molecule has 0 fully saturated rings. The van der Waals surface area contributed by atoms with E-state index in [0.717, 1.165) is 0 Å². The summed E-state index contributed by atoms with van der Waals surface area (Å²) in [5.41, 5.74) is 11.1. The van der Waals surface area contributed by atoms with Gasteiger partial charge in [-0.3, -0.25) is 0 Å². The highest BCUT2D eigenvalue weighted by Crippen LogP contribution is 2.19. The molecule has 1 aromatic heterocycles. The van der Waals surface area contributed by atoms with Crippen molar-refractivity contribution in [2.45, 2.75) is 13.0 Å². The van der Waals surface area contributed by atoms with E-state index in [1.807, 2.05) is 6.07 Å². The molecule has 0 saturated carbocycles. The van der Waals surface area contributed by atoms with Crippen LogP contribution >= 0.6 is 23.7 Å². The topological polar surface area (TPSA) is 52.0 Å². The highest BCUT2D eigenvalue weighted by Gasteiger charge is 2.04. The highest BCUT2D eigenvalue weighted by atomic mass is 35.5. The van der Waals surface area contributed by atoms with Gasteiger partial charge in [-0.15, -0.1) is 23.7 Å². The molecule has 1 aromatic rings. The summed E-state index contributed by atoms with van der Waals surface area (Å²) >= 11 is 1.72. The fraction of sp³-hybridized carbons (Fsp3) is 0.429. The fourth-order valence-corrected chi connectivity index (χ4v) is 1.66. The van der Waals surface area contributed by atoms with Crippen LogP contribution in [0.25, 0.3) is 0 Å². The molecule has 0 radical (unpaired) electrons. The van der Waals surface area contributed by atoms with Crippen LogP contribution in [0.4, 0.5) is 0 Å². The Kier molecular flexibility index (Phi) is 4.68. The van der Waals surface area contributed by atoms with Gasteiger partial charge in [0.15, 0.2) is 0 Å². The van der Waals surface area contributed by atoms with Crippen LogP contribution in [0.1, 0.15) is 15.8 Å². The maximum Gasteiger partial charge on any atom is 0.0514 e. The lowest BCUT2D eigenvalue weighted by molar-refractivity contribution is 0.752. The van der Waals surface area contributed by atoms with E-state index in [9.17, 15) is 0 Å². The quantitative estimate of drug-likeness (QED) is 0.745. The summed E-state index contributed by atoms with van der Waals surface area (Å²) in [6.07, 6.45) is 0. The summed E-state index contributed by atoms with van der Waals surface area (Å²) in [6.45, 7) is 2.59. The normalized spacial score (nSPS) is 12.3.